The van der Waals surface area contributed by atoms with Gasteiger partial charge in [0.1, 0.15) is 5.82 Å². The molecule has 1 atom stereocenters. The van der Waals surface area contributed by atoms with Crippen LogP contribution in [0.15, 0.2) is 88.8 Å². The third kappa shape index (κ3) is 3.32. The number of para-hydroxylation sites is 1. The van der Waals surface area contributed by atoms with E-state index in [-0.39, 0.29) is 11.3 Å². The number of methoxy groups -OCH3 is 1. The second-order valence-electron chi connectivity index (χ2n) is 7.42. The fraction of sp³-hybridized carbons (Fsp3) is 0.0800. The van der Waals surface area contributed by atoms with Gasteiger partial charge in [0.2, 0.25) is 5.78 Å². The first kappa shape index (κ1) is 20.4. The number of carbonyl (C=O) groups excluding carboxylic acids is 2. The van der Waals surface area contributed by atoms with Gasteiger partial charge in [0, 0.05) is 23.5 Å². The lowest BCUT2D eigenvalue weighted by molar-refractivity contribution is -0.117. The summed E-state index contributed by atoms with van der Waals surface area (Å²) in [7, 11) is 1.49. The Balaban J connectivity index is 1.65. The van der Waals surface area contributed by atoms with Crippen LogP contribution in [0.2, 0.25) is 0 Å². The largest absolute Gasteiger partial charge is 0.503 e. The highest BCUT2D eigenvalue weighted by atomic mass is 19.1. The van der Waals surface area contributed by atoms with E-state index >= 15 is 0 Å². The number of nitrogens with zero attached hydrogens (tertiary/aromatic N) is 2. The third-order valence-corrected chi connectivity index (χ3v) is 5.53. The van der Waals surface area contributed by atoms with E-state index in [0.29, 0.717) is 28.0 Å². The number of anilines is 1. The molecule has 3 heterocycles. The molecule has 2 aromatic heterocycles. The number of aliphatic hydroxyl groups excluding tert-OH is 1. The maximum atomic E-state index is 13.6. The Bertz CT molecular complexity index is 1410. The number of fused-ring (bicyclic) bond motifs is 1. The summed E-state index contributed by atoms with van der Waals surface area (Å²) in [6.45, 7) is 0. The number of furan rings is 1. The van der Waals surface area contributed by atoms with Gasteiger partial charge in [-0.3, -0.25) is 19.5 Å². The van der Waals surface area contributed by atoms with E-state index in [1.807, 2.05) is 0 Å². The summed E-state index contributed by atoms with van der Waals surface area (Å²) in [4.78, 5) is 31.9. The third-order valence-electron chi connectivity index (χ3n) is 5.53. The predicted molar refractivity (Wildman–Crippen MR) is 118 cm³/mol. The van der Waals surface area contributed by atoms with Crippen LogP contribution < -0.4 is 9.64 Å². The van der Waals surface area contributed by atoms with Crippen LogP contribution in [0.1, 0.15) is 22.2 Å². The van der Waals surface area contributed by atoms with Crippen LogP contribution >= 0.6 is 0 Å². The minimum Gasteiger partial charge on any atom is -0.503 e. The lowest BCUT2D eigenvalue weighted by Crippen LogP contribution is -2.31. The average Bonchev–Trinajstić information content (AvgIpc) is 3.39. The predicted octanol–water partition coefficient (Wildman–Crippen LogP) is 4.76. The molecule has 1 aliphatic rings. The number of ether oxygens (including phenoxy) is 1. The maximum absolute atomic E-state index is 13.6. The number of halogens is 1. The Morgan fingerprint density at radius 1 is 1.12 bits per heavy atom. The first-order chi connectivity index (χ1) is 16.0. The topological polar surface area (TPSA) is 92.9 Å². The summed E-state index contributed by atoms with van der Waals surface area (Å²) in [5, 5.41) is 11.4. The normalized spacial score (nSPS) is 16.0. The number of amides is 1. The second-order valence-corrected chi connectivity index (χ2v) is 7.42. The van der Waals surface area contributed by atoms with Crippen molar-refractivity contribution in [3.63, 3.8) is 0 Å². The Kier molecular flexibility index (Phi) is 4.90. The number of Topliss-reactive ketones (excluding diaryl/α,β-unsaturated/α-hetero) is 1. The zero-order valence-electron chi connectivity index (χ0n) is 17.4. The molecular formula is C25H17FN2O5. The molecule has 2 aromatic carbocycles. The Labute approximate surface area is 187 Å². The van der Waals surface area contributed by atoms with E-state index in [9.17, 15) is 19.1 Å². The zero-order valence-corrected chi connectivity index (χ0v) is 17.4. The van der Waals surface area contributed by atoms with Crippen LogP contribution in [0.5, 0.6) is 5.75 Å². The lowest BCUT2D eigenvalue weighted by atomic mass is 9.95. The summed E-state index contributed by atoms with van der Waals surface area (Å²) in [5.41, 5.74) is 1.10. The molecule has 0 saturated carbocycles. The summed E-state index contributed by atoms with van der Waals surface area (Å²) in [5.74, 6) is -2.20. The van der Waals surface area contributed by atoms with Crippen molar-refractivity contribution in [2.75, 3.05) is 12.0 Å². The van der Waals surface area contributed by atoms with Gasteiger partial charge in [-0.2, -0.15) is 0 Å². The number of hydrogen-bond donors (Lipinski definition) is 1. The van der Waals surface area contributed by atoms with Gasteiger partial charge in [0.15, 0.2) is 22.9 Å². The van der Waals surface area contributed by atoms with Gasteiger partial charge in [-0.15, -0.1) is 0 Å². The molecule has 1 aliphatic heterocycles. The number of aliphatic hydroxyl groups is 1. The molecule has 0 radical (unpaired) electrons. The molecule has 8 heteroatoms. The van der Waals surface area contributed by atoms with E-state index in [4.69, 9.17) is 9.15 Å². The van der Waals surface area contributed by atoms with E-state index in [1.54, 1.807) is 30.3 Å². The van der Waals surface area contributed by atoms with E-state index < -0.39 is 29.3 Å². The monoisotopic (exact) mass is 444 g/mol. The average molecular weight is 444 g/mol. The van der Waals surface area contributed by atoms with Crippen LogP contribution in [-0.2, 0) is 4.79 Å². The fourth-order valence-corrected chi connectivity index (χ4v) is 4.01. The number of pyridine rings is 1. The summed E-state index contributed by atoms with van der Waals surface area (Å²) >= 11 is 0. The van der Waals surface area contributed by atoms with Crippen LogP contribution in [-0.4, -0.2) is 28.9 Å². The first-order valence-electron chi connectivity index (χ1n) is 10.0. The molecule has 5 rings (SSSR count). The van der Waals surface area contributed by atoms with E-state index in [0.717, 1.165) is 0 Å². The molecule has 0 bridgehead atoms. The minimum absolute atomic E-state index is 0.0520. The summed E-state index contributed by atoms with van der Waals surface area (Å²) in [6.07, 6.45) is 3.04. The zero-order chi connectivity index (χ0) is 23.1. The molecule has 164 valence electrons. The molecule has 0 aliphatic carbocycles. The molecule has 4 aromatic rings. The summed E-state index contributed by atoms with van der Waals surface area (Å²) < 4.78 is 24.6. The quantitative estimate of drug-likeness (QED) is 0.446. The van der Waals surface area contributed by atoms with Crippen molar-refractivity contribution in [2.24, 2.45) is 0 Å². The molecule has 33 heavy (non-hydrogen) atoms. The second kappa shape index (κ2) is 7.90. The number of aromatic nitrogens is 1. The minimum atomic E-state index is -0.964. The van der Waals surface area contributed by atoms with Crippen molar-refractivity contribution >= 4 is 28.3 Å². The van der Waals surface area contributed by atoms with Gasteiger partial charge in [-0.25, -0.2) is 4.39 Å². The molecular weight excluding hydrogens is 427 g/mol. The van der Waals surface area contributed by atoms with Crippen molar-refractivity contribution < 1.29 is 28.2 Å². The fourth-order valence-electron chi connectivity index (χ4n) is 4.01. The Morgan fingerprint density at radius 3 is 2.55 bits per heavy atom. The van der Waals surface area contributed by atoms with Crippen LogP contribution in [0.4, 0.5) is 10.1 Å². The molecule has 1 N–H and O–H groups in total. The molecule has 0 saturated heterocycles. The van der Waals surface area contributed by atoms with Gasteiger partial charge in [0.05, 0.1) is 18.7 Å². The smallest absolute Gasteiger partial charge is 0.294 e. The number of rotatable bonds is 5. The lowest BCUT2D eigenvalue weighted by Gasteiger charge is -2.26. The van der Waals surface area contributed by atoms with Gasteiger partial charge in [-0.05, 0) is 54.1 Å². The summed E-state index contributed by atoms with van der Waals surface area (Å²) in [6, 6.07) is 14.3. The van der Waals surface area contributed by atoms with Crippen molar-refractivity contribution in [3.05, 3.63) is 102 Å². The maximum Gasteiger partial charge on any atom is 0.294 e. The van der Waals surface area contributed by atoms with Crippen LogP contribution in [0.3, 0.4) is 0 Å². The molecule has 0 fully saturated rings. The highest BCUT2D eigenvalue weighted by Crippen LogP contribution is 2.42. The number of benzene rings is 2. The van der Waals surface area contributed by atoms with E-state index in [1.165, 1.54) is 54.7 Å². The van der Waals surface area contributed by atoms with Gasteiger partial charge >= 0.3 is 0 Å². The standard InChI is InChI=1S/C25H17FN2O5/c1-32-18-4-2-3-15-13-19(33-24(15)18)22(29)20-21(14-9-11-27-12-10-14)28(25(31)23(20)30)17-7-5-16(26)6-8-17/h2-13,21,30H,1H3. The van der Waals surface area contributed by atoms with Crippen molar-refractivity contribution in [1.82, 2.24) is 4.98 Å². The molecule has 1 amide bonds. The van der Waals surface area contributed by atoms with Gasteiger partial charge in [-0.1, -0.05) is 12.1 Å². The Hall–Kier alpha value is -4.46. The number of carbonyl (C=O) groups is 2. The molecule has 1 unspecified atom stereocenters. The van der Waals surface area contributed by atoms with E-state index in [2.05, 4.69) is 4.98 Å². The van der Waals surface area contributed by atoms with Crippen LogP contribution in [0.25, 0.3) is 11.0 Å². The van der Waals surface area contributed by atoms with Crippen molar-refractivity contribution in [2.45, 2.75) is 6.04 Å². The van der Waals surface area contributed by atoms with Crippen molar-refractivity contribution in [3.8, 4) is 5.75 Å². The Morgan fingerprint density at radius 2 is 1.85 bits per heavy atom. The number of hydrogen-bond acceptors (Lipinski definition) is 6. The SMILES string of the molecule is COc1cccc2cc(C(=O)C3=C(O)C(=O)N(c4ccc(F)cc4)C3c3ccncc3)oc12. The van der Waals surface area contributed by atoms with Gasteiger partial charge in [0.25, 0.3) is 5.91 Å². The number of ketones is 1. The first-order valence-corrected chi connectivity index (χ1v) is 10.0. The molecule has 7 nitrogen and oxygen atoms in total. The highest BCUT2D eigenvalue weighted by molar-refractivity contribution is 6.20. The van der Waals surface area contributed by atoms with Gasteiger partial charge < -0.3 is 14.3 Å². The van der Waals surface area contributed by atoms with Crippen LogP contribution in [0, 0.1) is 5.82 Å². The van der Waals surface area contributed by atoms with Crippen molar-refractivity contribution in [1.29, 1.82) is 0 Å². The molecule has 0 spiro atoms. The highest BCUT2D eigenvalue weighted by Gasteiger charge is 2.45.